The first-order valence-corrected chi connectivity index (χ1v) is 11.9. The Labute approximate surface area is 190 Å². The molecule has 5 heteroatoms. The van der Waals surface area contributed by atoms with Crippen LogP contribution in [0.2, 0.25) is 0 Å². The van der Waals surface area contributed by atoms with Crippen LogP contribution in [0.1, 0.15) is 57.8 Å². The maximum Gasteiger partial charge on any atom is 0.336 e. The first-order valence-electron chi connectivity index (χ1n) is 11.9. The number of carbonyl (C=O) groups is 1. The van der Waals surface area contributed by atoms with Gasteiger partial charge in [-0.15, -0.1) is 0 Å². The molecule has 0 spiro atoms. The number of fused-ring (bicyclic) bond motifs is 3. The Kier molecular flexibility index (Phi) is 5.55. The molecule has 1 aromatic rings. The molecular weight excluding hydrogens is 404 g/mol. The number of rotatable bonds is 3. The molecule has 1 N–H and O–H groups in total. The molecular formula is C27H34O5. The Morgan fingerprint density at radius 1 is 1.19 bits per heavy atom. The van der Waals surface area contributed by atoms with Gasteiger partial charge in [0.15, 0.2) is 6.29 Å². The van der Waals surface area contributed by atoms with Crippen LogP contribution >= 0.6 is 0 Å². The molecule has 2 aliphatic heterocycles. The van der Waals surface area contributed by atoms with E-state index in [4.69, 9.17) is 14.2 Å². The maximum absolute atomic E-state index is 12.0. The van der Waals surface area contributed by atoms with Crippen LogP contribution in [0.5, 0.6) is 0 Å². The van der Waals surface area contributed by atoms with Crippen LogP contribution in [0.15, 0.2) is 54.1 Å². The van der Waals surface area contributed by atoms with Gasteiger partial charge in [0.05, 0.1) is 18.3 Å². The second kappa shape index (κ2) is 8.12. The average molecular weight is 439 g/mol. The van der Waals surface area contributed by atoms with E-state index in [2.05, 4.69) is 32.6 Å². The van der Waals surface area contributed by atoms with Crippen molar-refractivity contribution in [2.45, 2.75) is 64.4 Å². The van der Waals surface area contributed by atoms with Gasteiger partial charge in [0, 0.05) is 11.0 Å². The molecule has 172 valence electrons. The third kappa shape index (κ3) is 3.46. The highest BCUT2D eigenvalue weighted by atomic mass is 16.7. The van der Waals surface area contributed by atoms with Crippen molar-refractivity contribution in [1.82, 2.24) is 0 Å². The van der Waals surface area contributed by atoms with Crippen molar-refractivity contribution in [3.63, 3.8) is 0 Å². The summed E-state index contributed by atoms with van der Waals surface area (Å²) < 4.78 is 17.9. The molecule has 4 aliphatic rings. The minimum Gasteiger partial charge on any atom is -0.459 e. The van der Waals surface area contributed by atoms with E-state index in [-0.39, 0.29) is 35.7 Å². The number of hydrogen-bond donors (Lipinski definition) is 1. The second-order valence-corrected chi connectivity index (χ2v) is 10.5. The molecule has 2 saturated heterocycles. The van der Waals surface area contributed by atoms with E-state index >= 15 is 0 Å². The average Bonchev–Trinajstić information content (AvgIpc) is 3.10. The summed E-state index contributed by atoms with van der Waals surface area (Å²) in [6.07, 6.45) is 5.77. The highest BCUT2D eigenvalue weighted by molar-refractivity contribution is 5.91. The first-order chi connectivity index (χ1) is 15.3. The molecule has 1 aromatic carbocycles. The van der Waals surface area contributed by atoms with Crippen molar-refractivity contribution < 1.29 is 24.1 Å². The summed E-state index contributed by atoms with van der Waals surface area (Å²) >= 11 is 0. The minimum absolute atomic E-state index is 0.0530. The van der Waals surface area contributed by atoms with Crippen molar-refractivity contribution in [1.29, 1.82) is 0 Å². The molecule has 32 heavy (non-hydrogen) atoms. The third-order valence-electron chi connectivity index (χ3n) is 8.76. The molecule has 0 bridgehead atoms. The summed E-state index contributed by atoms with van der Waals surface area (Å²) in [6.45, 7) is 9.89. The third-order valence-corrected chi connectivity index (χ3v) is 8.76. The maximum atomic E-state index is 12.0. The van der Waals surface area contributed by atoms with Gasteiger partial charge in [-0.2, -0.15) is 0 Å². The van der Waals surface area contributed by atoms with Gasteiger partial charge in [-0.3, -0.25) is 0 Å². The molecule has 2 heterocycles. The summed E-state index contributed by atoms with van der Waals surface area (Å²) in [5.74, 6) is 0.316. The lowest BCUT2D eigenvalue weighted by atomic mass is 9.46. The predicted molar refractivity (Wildman–Crippen MR) is 120 cm³/mol. The van der Waals surface area contributed by atoms with Crippen molar-refractivity contribution in [2.75, 3.05) is 13.2 Å². The highest BCUT2D eigenvalue weighted by Gasteiger charge is 2.60. The van der Waals surface area contributed by atoms with Crippen molar-refractivity contribution in [3.8, 4) is 0 Å². The van der Waals surface area contributed by atoms with Crippen LogP contribution < -0.4 is 0 Å². The molecule has 2 saturated carbocycles. The quantitative estimate of drug-likeness (QED) is 0.420. The van der Waals surface area contributed by atoms with Gasteiger partial charge in [-0.1, -0.05) is 62.4 Å². The Morgan fingerprint density at radius 2 is 1.97 bits per heavy atom. The molecule has 0 amide bonds. The van der Waals surface area contributed by atoms with Gasteiger partial charge < -0.3 is 19.3 Å². The number of hydrogen-bond acceptors (Lipinski definition) is 5. The van der Waals surface area contributed by atoms with Gasteiger partial charge >= 0.3 is 5.97 Å². The number of ether oxygens (including phenoxy) is 3. The van der Waals surface area contributed by atoms with Crippen LogP contribution in [0.4, 0.5) is 0 Å². The van der Waals surface area contributed by atoms with Gasteiger partial charge in [-0.05, 0) is 49.4 Å². The lowest BCUT2D eigenvalue weighted by Gasteiger charge is -2.62. The topological polar surface area (TPSA) is 65.0 Å². The molecule has 7 atom stereocenters. The molecule has 1 unspecified atom stereocenters. The Morgan fingerprint density at radius 3 is 2.69 bits per heavy atom. The van der Waals surface area contributed by atoms with Gasteiger partial charge in [0.2, 0.25) is 0 Å². The number of cyclic esters (lactones) is 1. The number of benzene rings is 1. The van der Waals surface area contributed by atoms with E-state index in [1.807, 2.05) is 24.3 Å². The Balaban J connectivity index is 1.38. The van der Waals surface area contributed by atoms with Crippen molar-refractivity contribution in [3.05, 3.63) is 59.7 Å². The zero-order valence-corrected chi connectivity index (χ0v) is 19.1. The monoisotopic (exact) mass is 438 g/mol. The molecule has 5 rings (SSSR count). The summed E-state index contributed by atoms with van der Waals surface area (Å²) in [4.78, 5) is 12.0. The van der Waals surface area contributed by atoms with Crippen LogP contribution in [0.25, 0.3) is 0 Å². The Bertz CT molecular complexity index is 923. The molecule has 4 fully saturated rings. The van der Waals surface area contributed by atoms with Crippen LogP contribution in [-0.2, 0) is 19.0 Å². The molecule has 5 nitrogen and oxygen atoms in total. The van der Waals surface area contributed by atoms with Crippen LogP contribution in [-0.4, -0.2) is 36.5 Å². The zero-order valence-electron chi connectivity index (χ0n) is 19.1. The smallest absolute Gasteiger partial charge is 0.336 e. The largest absolute Gasteiger partial charge is 0.459 e. The SMILES string of the molecule is C=C1CCC2[C@]3(C)CO[C@H](c4ccccc4)O[C@@H]3CC[C@]2(C)[C@H]1CC=C1C(=O)OC[C@H]1O. The van der Waals surface area contributed by atoms with E-state index < -0.39 is 12.1 Å². The number of aliphatic hydroxyl groups is 1. The fourth-order valence-corrected chi connectivity index (χ4v) is 6.98. The zero-order chi connectivity index (χ0) is 22.5. The molecule has 0 aromatic heterocycles. The molecule has 2 aliphatic carbocycles. The lowest BCUT2D eigenvalue weighted by Crippen LogP contribution is -2.60. The summed E-state index contributed by atoms with van der Waals surface area (Å²) in [5.41, 5.74) is 2.72. The predicted octanol–water partition coefficient (Wildman–Crippen LogP) is 4.72. The van der Waals surface area contributed by atoms with E-state index in [1.165, 1.54) is 5.57 Å². The summed E-state index contributed by atoms with van der Waals surface area (Å²) in [5, 5.41) is 10.1. The normalized spacial score (nSPS) is 43.0. The standard InChI is InChI=1S/C27H34O5/c1-17-9-12-22-26(2,20(17)11-10-19-21(28)15-30-24(19)29)14-13-23-27(22,3)16-31-25(32-23)18-7-5-4-6-8-18/h4-8,10,20-23,25,28H,1,9,11-16H2,2-3H3/t20-,21+,22?,23+,25-,26+,27-/m0/s1. The summed E-state index contributed by atoms with van der Waals surface area (Å²) in [7, 11) is 0. The second-order valence-electron chi connectivity index (χ2n) is 10.5. The first kappa shape index (κ1) is 21.9. The van der Waals surface area contributed by atoms with Crippen LogP contribution in [0, 0.1) is 22.7 Å². The van der Waals surface area contributed by atoms with Crippen LogP contribution in [0.3, 0.4) is 0 Å². The van der Waals surface area contributed by atoms with E-state index in [0.29, 0.717) is 24.5 Å². The number of allylic oxidation sites excluding steroid dienone is 2. The van der Waals surface area contributed by atoms with Gasteiger partial charge in [0.25, 0.3) is 0 Å². The molecule has 0 radical (unpaired) electrons. The van der Waals surface area contributed by atoms with E-state index in [1.54, 1.807) is 0 Å². The van der Waals surface area contributed by atoms with Crippen molar-refractivity contribution in [2.24, 2.45) is 22.7 Å². The minimum atomic E-state index is -0.814. The van der Waals surface area contributed by atoms with E-state index in [9.17, 15) is 9.90 Å². The summed E-state index contributed by atoms with van der Waals surface area (Å²) in [6, 6.07) is 10.2. The van der Waals surface area contributed by atoms with Gasteiger partial charge in [-0.25, -0.2) is 4.79 Å². The number of carbonyl (C=O) groups excluding carboxylic acids is 1. The van der Waals surface area contributed by atoms with E-state index in [0.717, 1.165) is 31.2 Å². The van der Waals surface area contributed by atoms with Crippen molar-refractivity contribution >= 4 is 5.97 Å². The fourth-order valence-electron chi connectivity index (χ4n) is 6.98. The van der Waals surface area contributed by atoms with Gasteiger partial charge in [0.1, 0.15) is 12.7 Å². The lowest BCUT2D eigenvalue weighted by molar-refractivity contribution is -0.307. The Hall–Kier alpha value is -1.95. The highest BCUT2D eigenvalue weighted by Crippen LogP contribution is 2.63. The number of esters is 1. The number of aliphatic hydroxyl groups excluding tert-OH is 1. The fraction of sp³-hybridized carbons (Fsp3) is 0.593.